The Morgan fingerprint density at radius 3 is 2.69 bits per heavy atom. The molecule has 3 aromatic carbocycles. The highest BCUT2D eigenvalue weighted by Gasteiger charge is 2.58. The number of hydrogen-bond acceptors (Lipinski definition) is 5. The molecule has 0 amide bonds. The van der Waals surface area contributed by atoms with Gasteiger partial charge < -0.3 is 24.4 Å². The van der Waals surface area contributed by atoms with Crippen LogP contribution in [0.15, 0.2) is 42.5 Å². The molecule has 0 aromatic heterocycles. The SMILES string of the molecule is Cc1cc2c(c(C)c1-c1ccc(Cl)c(COc3ccc4c(c3)OC[C@H]4CC(=O)O)c1)C(O)C1(CC1)O2. The lowest BCUT2D eigenvalue weighted by atomic mass is 9.88. The Balaban J connectivity index is 1.25. The van der Waals surface area contributed by atoms with Gasteiger partial charge in [-0.1, -0.05) is 23.7 Å². The fourth-order valence-electron chi connectivity index (χ4n) is 5.60. The number of ether oxygens (including phenoxy) is 3. The van der Waals surface area contributed by atoms with Crippen LogP contribution < -0.4 is 14.2 Å². The molecule has 1 saturated carbocycles. The number of aliphatic hydroxyl groups excluding tert-OH is 1. The van der Waals surface area contributed by atoms with Crippen molar-refractivity contribution in [1.82, 2.24) is 0 Å². The molecule has 2 atom stereocenters. The minimum Gasteiger partial charge on any atom is -0.492 e. The number of carboxylic acid groups (broad SMARTS) is 1. The Hall–Kier alpha value is -3.22. The van der Waals surface area contributed by atoms with Crippen LogP contribution in [0.25, 0.3) is 11.1 Å². The standard InChI is InChI=1S/C29H27ClO6/c1-15-9-24-27(28(33)29(36-24)7-8-29)16(2)26(15)17-3-6-22(30)19(10-17)14-34-20-4-5-21-18(11-25(31)32)13-35-23(21)12-20/h3-6,9-10,12,18,28,33H,7-8,11,13-14H2,1-2H3,(H,31,32)/t18-,28?/m1/s1. The molecule has 1 fully saturated rings. The number of aliphatic carboxylic acids is 1. The molecule has 1 aliphatic carbocycles. The van der Waals surface area contributed by atoms with Gasteiger partial charge in [-0.15, -0.1) is 0 Å². The molecule has 2 heterocycles. The molecular formula is C29H27ClO6. The number of hydrogen-bond donors (Lipinski definition) is 2. The van der Waals surface area contributed by atoms with Crippen molar-refractivity contribution >= 4 is 17.6 Å². The van der Waals surface area contributed by atoms with E-state index in [1.54, 1.807) is 6.07 Å². The summed E-state index contributed by atoms with van der Waals surface area (Å²) in [6.45, 7) is 4.73. The van der Waals surface area contributed by atoms with Crippen molar-refractivity contribution in [3.05, 3.63) is 75.3 Å². The first-order valence-electron chi connectivity index (χ1n) is 12.2. The van der Waals surface area contributed by atoms with Gasteiger partial charge in [-0.2, -0.15) is 0 Å². The number of carboxylic acids is 1. The molecule has 2 N–H and O–H groups in total. The van der Waals surface area contributed by atoms with Crippen LogP contribution in [0.4, 0.5) is 0 Å². The number of rotatable bonds is 6. The van der Waals surface area contributed by atoms with E-state index in [0.29, 0.717) is 23.1 Å². The summed E-state index contributed by atoms with van der Waals surface area (Å²) in [6, 6.07) is 13.4. The fraction of sp³-hybridized carbons (Fsp3) is 0.345. The Kier molecular flexibility index (Phi) is 5.43. The van der Waals surface area contributed by atoms with E-state index in [1.165, 1.54) is 0 Å². The van der Waals surface area contributed by atoms with E-state index in [9.17, 15) is 9.90 Å². The average Bonchev–Trinajstić information content (AvgIpc) is 3.43. The second-order valence-electron chi connectivity index (χ2n) is 10.1. The lowest BCUT2D eigenvalue weighted by Crippen LogP contribution is -2.19. The first-order chi connectivity index (χ1) is 17.3. The van der Waals surface area contributed by atoms with Crippen LogP contribution in [-0.2, 0) is 11.4 Å². The predicted molar refractivity (Wildman–Crippen MR) is 135 cm³/mol. The fourth-order valence-corrected chi connectivity index (χ4v) is 5.77. The second kappa shape index (κ2) is 8.43. The van der Waals surface area contributed by atoms with Crippen LogP contribution in [0.3, 0.4) is 0 Å². The number of halogens is 1. The maximum absolute atomic E-state index is 11.1. The first kappa shape index (κ1) is 23.2. The maximum Gasteiger partial charge on any atom is 0.304 e. The number of carbonyl (C=O) groups is 1. The predicted octanol–water partition coefficient (Wildman–Crippen LogP) is 6.11. The van der Waals surface area contributed by atoms with Crippen LogP contribution in [0.2, 0.25) is 5.02 Å². The molecule has 6 rings (SSSR count). The lowest BCUT2D eigenvalue weighted by Gasteiger charge is -2.17. The highest BCUT2D eigenvalue weighted by atomic mass is 35.5. The molecule has 1 spiro atoms. The number of aryl methyl sites for hydroxylation is 1. The van der Waals surface area contributed by atoms with Gasteiger partial charge in [-0.25, -0.2) is 0 Å². The number of fused-ring (bicyclic) bond motifs is 2. The van der Waals surface area contributed by atoms with Crippen molar-refractivity contribution in [2.24, 2.45) is 0 Å². The quantitative estimate of drug-likeness (QED) is 0.419. The van der Waals surface area contributed by atoms with Gasteiger partial charge in [-0.3, -0.25) is 4.79 Å². The zero-order valence-corrected chi connectivity index (χ0v) is 20.9. The van der Waals surface area contributed by atoms with Gasteiger partial charge in [0.15, 0.2) is 0 Å². The minimum absolute atomic E-state index is 0.0429. The van der Waals surface area contributed by atoms with Crippen molar-refractivity contribution in [3.8, 4) is 28.4 Å². The van der Waals surface area contributed by atoms with Crippen molar-refractivity contribution in [2.75, 3.05) is 6.61 Å². The molecule has 3 aliphatic rings. The molecule has 36 heavy (non-hydrogen) atoms. The van der Waals surface area contributed by atoms with E-state index in [0.717, 1.165) is 57.5 Å². The largest absolute Gasteiger partial charge is 0.492 e. The molecule has 6 nitrogen and oxygen atoms in total. The van der Waals surface area contributed by atoms with Gasteiger partial charge in [0.1, 0.15) is 35.6 Å². The van der Waals surface area contributed by atoms with E-state index in [2.05, 4.69) is 6.92 Å². The van der Waals surface area contributed by atoms with Gasteiger partial charge in [0, 0.05) is 33.7 Å². The Bertz CT molecular complexity index is 1390. The molecule has 1 unspecified atom stereocenters. The normalized spacial score (nSPS) is 20.4. The number of aliphatic hydroxyl groups is 1. The smallest absolute Gasteiger partial charge is 0.304 e. The van der Waals surface area contributed by atoms with Crippen LogP contribution in [-0.4, -0.2) is 28.4 Å². The Labute approximate surface area is 214 Å². The Morgan fingerprint density at radius 2 is 1.94 bits per heavy atom. The third-order valence-electron chi connectivity index (χ3n) is 7.63. The minimum atomic E-state index is -0.839. The molecule has 0 radical (unpaired) electrons. The summed E-state index contributed by atoms with van der Waals surface area (Å²) in [5, 5.41) is 20.7. The third-order valence-corrected chi connectivity index (χ3v) is 8.00. The zero-order valence-electron chi connectivity index (χ0n) is 20.1. The number of benzene rings is 3. The molecule has 186 valence electrons. The van der Waals surface area contributed by atoms with Crippen LogP contribution in [0.1, 0.15) is 59.1 Å². The zero-order chi connectivity index (χ0) is 25.2. The van der Waals surface area contributed by atoms with E-state index >= 15 is 0 Å². The van der Waals surface area contributed by atoms with Crippen molar-refractivity contribution in [1.29, 1.82) is 0 Å². The van der Waals surface area contributed by atoms with Gasteiger partial charge in [0.25, 0.3) is 0 Å². The second-order valence-corrected chi connectivity index (χ2v) is 10.5. The molecule has 0 bridgehead atoms. The van der Waals surface area contributed by atoms with Crippen LogP contribution >= 0.6 is 11.6 Å². The van der Waals surface area contributed by atoms with E-state index in [1.807, 2.05) is 43.3 Å². The van der Waals surface area contributed by atoms with E-state index < -0.39 is 17.7 Å². The van der Waals surface area contributed by atoms with Gasteiger partial charge in [0.2, 0.25) is 0 Å². The maximum atomic E-state index is 11.1. The lowest BCUT2D eigenvalue weighted by molar-refractivity contribution is -0.137. The molecular weight excluding hydrogens is 480 g/mol. The summed E-state index contributed by atoms with van der Waals surface area (Å²) < 4.78 is 17.9. The monoisotopic (exact) mass is 506 g/mol. The topological polar surface area (TPSA) is 85.2 Å². The molecule has 2 aliphatic heterocycles. The van der Waals surface area contributed by atoms with Crippen LogP contribution in [0, 0.1) is 13.8 Å². The van der Waals surface area contributed by atoms with Crippen molar-refractivity contribution in [3.63, 3.8) is 0 Å². The molecule has 7 heteroatoms. The first-order valence-corrected chi connectivity index (χ1v) is 12.5. The summed E-state index contributed by atoms with van der Waals surface area (Å²) in [7, 11) is 0. The highest BCUT2D eigenvalue weighted by Crippen LogP contribution is 2.58. The Morgan fingerprint density at radius 1 is 1.14 bits per heavy atom. The van der Waals surface area contributed by atoms with Gasteiger partial charge in [-0.05, 0) is 73.2 Å². The van der Waals surface area contributed by atoms with Crippen molar-refractivity contribution < 1.29 is 29.2 Å². The highest BCUT2D eigenvalue weighted by molar-refractivity contribution is 6.31. The van der Waals surface area contributed by atoms with Gasteiger partial charge >= 0.3 is 5.97 Å². The summed E-state index contributed by atoms with van der Waals surface area (Å²) >= 11 is 6.53. The summed E-state index contributed by atoms with van der Waals surface area (Å²) in [5.74, 6) is 1.10. The van der Waals surface area contributed by atoms with Crippen LogP contribution in [0.5, 0.6) is 17.2 Å². The summed E-state index contributed by atoms with van der Waals surface area (Å²) in [6.07, 6.45) is 1.21. The molecule has 0 saturated heterocycles. The van der Waals surface area contributed by atoms with Crippen molar-refractivity contribution in [2.45, 2.75) is 57.3 Å². The van der Waals surface area contributed by atoms with E-state index in [4.69, 9.17) is 30.9 Å². The van der Waals surface area contributed by atoms with E-state index in [-0.39, 0.29) is 18.9 Å². The summed E-state index contributed by atoms with van der Waals surface area (Å²) in [5.41, 5.74) is 6.39. The molecule has 3 aromatic rings. The average molecular weight is 507 g/mol. The van der Waals surface area contributed by atoms with Gasteiger partial charge in [0.05, 0.1) is 13.0 Å². The third kappa shape index (κ3) is 3.80. The summed E-state index contributed by atoms with van der Waals surface area (Å²) in [4.78, 5) is 11.1.